The van der Waals surface area contributed by atoms with Crippen LogP contribution in [0, 0.1) is 0 Å². The van der Waals surface area contributed by atoms with Gasteiger partial charge in [-0.25, -0.2) is 0 Å². The lowest BCUT2D eigenvalue weighted by Gasteiger charge is -2.08. The Bertz CT molecular complexity index is 272. The van der Waals surface area contributed by atoms with Gasteiger partial charge in [0.1, 0.15) is 0 Å². The number of esters is 1. The molecule has 78 valence electrons. The fourth-order valence-electron chi connectivity index (χ4n) is 1.06. The minimum absolute atomic E-state index is 0.215. The number of ether oxygens (including phenoxy) is 1. The lowest BCUT2D eigenvalue weighted by atomic mass is 10.2. The van der Waals surface area contributed by atoms with Crippen molar-refractivity contribution >= 4 is 17.3 Å². The molecule has 2 N–H and O–H groups in total. The largest absolute Gasteiger partial charge is 0.466 e. The van der Waals surface area contributed by atoms with Gasteiger partial charge in [-0.15, -0.1) is 11.3 Å². The van der Waals surface area contributed by atoms with E-state index < -0.39 is 0 Å². The summed E-state index contributed by atoms with van der Waals surface area (Å²) in [7, 11) is 0. The smallest absolute Gasteiger partial charge is 0.307 e. The number of carbonyl (C=O) groups excluding carboxylic acids is 1. The fraction of sp³-hybridized carbons (Fsp3) is 0.500. The number of carbonyl (C=O) groups is 1. The molecule has 0 amide bonds. The highest BCUT2D eigenvalue weighted by Gasteiger charge is 2.12. The third-order valence-electron chi connectivity index (χ3n) is 1.76. The molecule has 1 aromatic rings. The van der Waals surface area contributed by atoms with Crippen LogP contribution in [0.15, 0.2) is 17.5 Å². The van der Waals surface area contributed by atoms with Crippen LogP contribution in [0.5, 0.6) is 0 Å². The van der Waals surface area contributed by atoms with E-state index in [4.69, 9.17) is 10.5 Å². The van der Waals surface area contributed by atoms with E-state index in [0.29, 0.717) is 6.61 Å². The maximum Gasteiger partial charge on any atom is 0.307 e. The Morgan fingerprint density at radius 1 is 1.71 bits per heavy atom. The van der Waals surface area contributed by atoms with E-state index in [1.807, 2.05) is 24.4 Å². The van der Waals surface area contributed by atoms with Crippen LogP contribution in [0.2, 0.25) is 0 Å². The fourth-order valence-corrected chi connectivity index (χ4v) is 1.79. The van der Waals surface area contributed by atoms with Gasteiger partial charge in [0.25, 0.3) is 0 Å². The normalized spacial score (nSPS) is 12.4. The van der Waals surface area contributed by atoms with Crippen molar-refractivity contribution in [3.8, 4) is 0 Å². The molecular weight excluding hydrogens is 198 g/mol. The number of hydrogen-bond acceptors (Lipinski definition) is 4. The topological polar surface area (TPSA) is 52.3 Å². The van der Waals surface area contributed by atoms with Gasteiger partial charge in [0.2, 0.25) is 0 Å². The van der Waals surface area contributed by atoms with Crippen LogP contribution in [-0.2, 0) is 9.53 Å². The summed E-state index contributed by atoms with van der Waals surface area (Å²) >= 11 is 1.56. The summed E-state index contributed by atoms with van der Waals surface area (Å²) in [4.78, 5) is 12.2. The molecule has 0 bridgehead atoms. The molecule has 1 heterocycles. The predicted octanol–water partition coefficient (Wildman–Crippen LogP) is 2.09. The molecule has 1 atom stereocenters. The van der Waals surface area contributed by atoms with E-state index in [2.05, 4.69) is 0 Å². The SMILES string of the molecule is CCCOC(=O)CC(N)c1cccs1. The first-order valence-corrected chi connectivity index (χ1v) is 5.56. The van der Waals surface area contributed by atoms with E-state index >= 15 is 0 Å². The first-order chi connectivity index (χ1) is 6.74. The molecule has 4 heteroatoms. The van der Waals surface area contributed by atoms with Gasteiger partial charge >= 0.3 is 5.97 Å². The van der Waals surface area contributed by atoms with E-state index in [0.717, 1.165) is 11.3 Å². The standard InChI is InChI=1S/C10H15NO2S/c1-2-5-13-10(12)7-8(11)9-4-3-6-14-9/h3-4,6,8H,2,5,7,11H2,1H3. The van der Waals surface area contributed by atoms with E-state index in [-0.39, 0.29) is 18.4 Å². The van der Waals surface area contributed by atoms with Crippen molar-refractivity contribution in [3.63, 3.8) is 0 Å². The maximum atomic E-state index is 11.2. The lowest BCUT2D eigenvalue weighted by molar-refractivity contribution is -0.144. The molecule has 1 rings (SSSR count). The molecular formula is C10H15NO2S. The minimum Gasteiger partial charge on any atom is -0.466 e. The molecule has 0 aliphatic rings. The summed E-state index contributed by atoms with van der Waals surface area (Å²) in [5, 5.41) is 1.95. The van der Waals surface area contributed by atoms with Crippen LogP contribution in [0.25, 0.3) is 0 Å². The van der Waals surface area contributed by atoms with E-state index in [1.54, 1.807) is 11.3 Å². The van der Waals surface area contributed by atoms with Gasteiger partial charge in [-0.3, -0.25) is 4.79 Å². The van der Waals surface area contributed by atoms with Gasteiger partial charge in [0.05, 0.1) is 13.0 Å². The molecule has 0 aliphatic heterocycles. The Labute approximate surface area is 87.9 Å². The average molecular weight is 213 g/mol. The van der Waals surface area contributed by atoms with Crippen molar-refractivity contribution in [2.45, 2.75) is 25.8 Å². The first kappa shape index (κ1) is 11.2. The van der Waals surface area contributed by atoms with Crippen LogP contribution in [0.3, 0.4) is 0 Å². The highest BCUT2D eigenvalue weighted by atomic mass is 32.1. The van der Waals surface area contributed by atoms with Crippen LogP contribution < -0.4 is 5.73 Å². The Morgan fingerprint density at radius 2 is 2.50 bits per heavy atom. The molecule has 1 unspecified atom stereocenters. The predicted molar refractivity (Wildman–Crippen MR) is 57.1 cm³/mol. The van der Waals surface area contributed by atoms with Crippen molar-refractivity contribution < 1.29 is 9.53 Å². The second kappa shape index (κ2) is 5.78. The minimum atomic E-state index is -0.223. The first-order valence-electron chi connectivity index (χ1n) is 4.68. The molecule has 14 heavy (non-hydrogen) atoms. The van der Waals surface area contributed by atoms with Crippen molar-refractivity contribution in [3.05, 3.63) is 22.4 Å². The second-order valence-electron chi connectivity index (χ2n) is 3.05. The maximum absolute atomic E-state index is 11.2. The van der Waals surface area contributed by atoms with E-state index in [1.165, 1.54) is 0 Å². The Kier molecular flexibility index (Phi) is 4.62. The van der Waals surface area contributed by atoms with Crippen molar-refractivity contribution in [1.82, 2.24) is 0 Å². The Hall–Kier alpha value is -0.870. The zero-order valence-electron chi connectivity index (χ0n) is 8.23. The third kappa shape index (κ3) is 3.47. The van der Waals surface area contributed by atoms with Crippen LogP contribution in [-0.4, -0.2) is 12.6 Å². The molecule has 3 nitrogen and oxygen atoms in total. The Morgan fingerprint density at radius 3 is 3.07 bits per heavy atom. The summed E-state index contributed by atoms with van der Waals surface area (Å²) in [5.41, 5.74) is 5.82. The molecule has 0 spiro atoms. The third-order valence-corrected chi connectivity index (χ3v) is 2.77. The summed E-state index contributed by atoms with van der Waals surface area (Å²) < 4.78 is 4.95. The lowest BCUT2D eigenvalue weighted by Crippen LogP contribution is -2.16. The molecule has 0 radical (unpaired) electrons. The average Bonchev–Trinajstić information content (AvgIpc) is 2.67. The van der Waals surface area contributed by atoms with Crippen molar-refractivity contribution in [2.24, 2.45) is 5.73 Å². The van der Waals surface area contributed by atoms with Gasteiger partial charge < -0.3 is 10.5 Å². The van der Waals surface area contributed by atoms with Crippen LogP contribution in [0.4, 0.5) is 0 Å². The second-order valence-corrected chi connectivity index (χ2v) is 4.03. The van der Waals surface area contributed by atoms with Crippen molar-refractivity contribution in [2.75, 3.05) is 6.61 Å². The zero-order valence-corrected chi connectivity index (χ0v) is 9.05. The summed E-state index contributed by atoms with van der Waals surface area (Å²) in [6, 6.07) is 3.64. The molecule has 0 fully saturated rings. The van der Waals surface area contributed by atoms with Gasteiger partial charge in [-0.05, 0) is 17.9 Å². The van der Waals surface area contributed by atoms with Gasteiger partial charge in [-0.1, -0.05) is 13.0 Å². The quantitative estimate of drug-likeness (QED) is 0.762. The van der Waals surface area contributed by atoms with Gasteiger partial charge in [0.15, 0.2) is 0 Å². The van der Waals surface area contributed by atoms with E-state index in [9.17, 15) is 4.79 Å². The summed E-state index contributed by atoms with van der Waals surface area (Å²) in [6.45, 7) is 2.45. The van der Waals surface area contributed by atoms with Crippen LogP contribution >= 0.6 is 11.3 Å². The number of thiophene rings is 1. The highest BCUT2D eigenvalue weighted by Crippen LogP contribution is 2.19. The Balaban J connectivity index is 2.33. The number of nitrogens with two attached hydrogens (primary N) is 1. The molecule has 0 aliphatic carbocycles. The summed E-state index contributed by atoms with van der Waals surface area (Å²) in [5.74, 6) is -0.215. The molecule has 0 saturated carbocycles. The molecule has 0 saturated heterocycles. The zero-order chi connectivity index (χ0) is 10.4. The van der Waals surface area contributed by atoms with Crippen molar-refractivity contribution in [1.29, 1.82) is 0 Å². The van der Waals surface area contributed by atoms with Gasteiger partial charge in [-0.2, -0.15) is 0 Å². The monoisotopic (exact) mass is 213 g/mol. The number of rotatable bonds is 5. The molecule has 0 aromatic carbocycles. The summed E-state index contributed by atoms with van der Waals surface area (Å²) in [6.07, 6.45) is 1.11. The molecule has 1 aromatic heterocycles. The van der Waals surface area contributed by atoms with Crippen LogP contribution in [0.1, 0.15) is 30.7 Å². The number of hydrogen-bond donors (Lipinski definition) is 1. The van der Waals surface area contributed by atoms with Gasteiger partial charge in [0, 0.05) is 10.9 Å². The highest BCUT2D eigenvalue weighted by molar-refractivity contribution is 7.10.